The van der Waals surface area contributed by atoms with Crippen LogP contribution in [0, 0.1) is 0 Å². The second-order valence-electron chi connectivity index (χ2n) is 4.44. The summed E-state index contributed by atoms with van der Waals surface area (Å²) in [5.74, 6) is 1.30. The van der Waals surface area contributed by atoms with Crippen molar-refractivity contribution in [2.24, 2.45) is 0 Å². The van der Waals surface area contributed by atoms with E-state index in [0.29, 0.717) is 12.4 Å². The molecule has 4 heteroatoms. The third-order valence-corrected chi connectivity index (χ3v) is 3.96. The van der Waals surface area contributed by atoms with Crippen molar-refractivity contribution in [3.05, 3.63) is 64.8 Å². The minimum atomic E-state index is 0.399. The van der Waals surface area contributed by atoms with Gasteiger partial charge in [-0.25, -0.2) is 4.98 Å². The van der Waals surface area contributed by atoms with Gasteiger partial charge in [0.15, 0.2) is 0 Å². The summed E-state index contributed by atoms with van der Waals surface area (Å²) in [6, 6.07) is 15.9. The molecule has 1 heterocycles. The molecule has 0 radical (unpaired) electrons. The third-order valence-electron chi connectivity index (χ3n) is 3.14. The van der Waals surface area contributed by atoms with Crippen LogP contribution >= 0.6 is 15.9 Å². The van der Waals surface area contributed by atoms with Gasteiger partial charge in [0.1, 0.15) is 18.2 Å². The highest BCUT2D eigenvalue weighted by Gasteiger charge is 2.07. The molecule has 3 nitrogen and oxygen atoms in total. The Morgan fingerprint density at radius 3 is 2.75 bits per heavy atom. The molecule has 0 saturated carbocycles. The van der Waals surface area contributed by atoms with Crippen molar-refractivity contribution in [2.75, 3.05) is 5.73 Å². The average Bonchev–Trinajstić information content (AvgIpc) is 2.48. The number of aromatic nitrogens is 1. The SMILES string of the molecule is Nc1ncccc1COc1ccc2ccccc2c1Br. The first kappa shape index (κ1) is 12.9. The molecule has 0 aliphatic carbocycles. The lowest BCUT2D eigenvalue weighted by molar-refractivity contribution is 0.305. The fourth-order valence-electron chi connectivity index (χ4n) is 2.05. The van der Waals surface area contributed by atoms with E-state index in [1.165, 1.54) is 5.39 Å². The van der Waals surface area contributed by atoms with Crippen molar-refractivity contribution < 1.29 is 4.74 Å². The Balaban J connectivity index is 1.88. The van der Waals surface area contributed by atoms with Gasteiger partial charge < -0.3 is 10.5 Å². The van der Waals surface area contributed by atoms with E-state index in [9.17, 15) is 0 Å². The summed E-state index contributed by atoms with van der Waals surface area (Å²) >= 11 is 3.60. The zero-order chi connectivity index (χ0) is 13.9. The molecule has 3 aromatic rings. The monoisotopic (exact) mass is 328 g/mol. The number of benzene rings is 2. The molecule has 0 bridgehead atoms. The van der Waals surface area contributed by atoms with E-state index in [1.54, 1.807) is 6.20 Å². The van der Waals surface area contributed by atoms with Crippen LogP contribution in [0.5, 0.6) is 5.75 Å². The van der Waals surface area contributed by atoms with Crippen LogP contribution in [0.3, 0.4) is 0 Å². The molecule has 20 heavy (non-hydrogen) atoms. The van der Waals surface area contributed by atoms with Gasteiger partial charge in [-0.2, -0.15) is 0 Å². The number of nitrogens with zero attached hydrogens (tertiary/aromatic N) is 1. The average molecular weight is 329 g/mol. The van der Waals surface area contributed by atoms with Crippen molar-refractivity contribution in [2.45, 2.75) is 6.61 Å². The van der Waals surface area contributed by atoms with Crippen molar-refractivity contribution in [3.63, 3.8) is 0 Å². The maximum absolute atomic E-state index is 5.84. The Kier molecular flexibility index (Phi) is 3.56. The van der Waals surface area contributed by atoms with E-state index in [-0.39, 0.29) is 0 Å². The molecule has 0 spiro atoms. The van der Waals surface area contributed by atoms with Gasteiger partial charge in [-0.05, 0) is 38.8 Å². The number of pyridine rings is 1. The normalized spacial score (nSPS) is 10.7. The quantitative estimate of drug-likeness (QED) is 0.785. The lowest BCUT2D eigenvalue weighted by Gasteiger charge is -2.11. The maximum Gasteiger partial charge on any atom is 0.134 e. The highest BCUT2D eigenvalue weighted by Crippen LogP contribution is 2.33. The first-order valence-corrected chi connectivity index (χ1v) is 7.04. The van der Waals surface area contributed by atoms with Crippen LogP contribution in [0.25, 0.3) is 10.8 Å². The van der Waals surface area contributed by atoms with Crippen molar-refractivity contribution in [1.29, 1.82) is 0 Å². The number of anilines is 1. The van der Waals surface area contributed by atoms with Crippen LogP contribution in [0.4, 0.5) is 5.82 Å². The Bertz CT molecular complexity index is 758. The summed E-state index contributed by atoms with van der Waals surface area (Å²) in [7, 11) is 0. The van der Waals surface area contributed by atoms with Crippen molar-refractivity contribution in [1.82, 2.24) is 4.98 Å². The lowest BCUT2D eigenvalue weighted by Crippen LogP contribution is -2.02. The van der Waals surface area contributed by atoms with Crippen LogP contribution in [0.2, 0.25) is 0 Å². The number of hydrogen-bond donors (Lipinski definition) is 1. The highest BCUT2D eigenvalue weighted by atomic mass is 79.9. The lowest BCUT2D eigenvalue weighted by atomic mass is 10.1. The molecule has 0 amide bonds. The Labute approximate surface area is 125 Å². The standard InChI is InChI=1S/C16H13BrN2O/c17-15-13-6-2-1-4-11(13)7-8-14(15)20-10-12-5-3-9-19-16(12)18/h1-9H,10H2,(H2,18,19). The van der Waals surface area contributed by atoms with Crippen molar-refractivity contribution >= 4 is 32.5 Å². The van der Waals surface area contributed by atoms with Gasteiger partial charge in [-0.15, -0.1) is 0 Å². The molecule has 0 aliphatic heterocycles. The predicted octanol–water partition coefficient (Wildman–Crippen LogP) is 4.16. The van der Waals surface area contributed by atoms with E-state index < -0.39 is 0 Å². The maximum atomic E-state index is 5.84. The van der Waals surface area contributed by atoms with Gasteiger partial charge in [0.25, 0.3) is 0 Å². The third kappa shape index (κ3) is 2.47. The molecule has 2 aromatic carbocycles. The number of fused-ring (bicyclic) bond motifs is 1. The van der Waals surface area contributed by atoms with Gasteiger partial charge in [-0.1, -0.05) is 36.4 Å². The molecular formula is C16H13BrN2O. The summed E-state index contributed by atoms with van der Waals surface area (Å²) < 4.78 is 6.80. The second-order valence-corrected chi connectivity index (χ2v) is 5.23. The fourth-order valence-corrected chi connectivity index (χ4v) is 2.66. The molecule has 0 aliphatic rings. The zero-order valence-corrected chi connectivity index (χ0v) is 12.3. The number of halogens is 1. The van der Waals surface area contributed by atoms with E-state index in [1.807, 2.05) is 36.4 Å². The topological polar surface area (TPSA) is 48.1 Å². The van der Waals surface area contributed by atoms with E-state index in [0.717, 1.165) is 21.2 Å². The molecule has 3 rings (SSSR count). The minimum absolute atomic E-state index is 0.399. The van der Waals surface area contributed by atoms with Gasteiger partial charge in [-0.3, -0.25) is 0 Å². The van der Waals surface area contributed by atoms with Crippen molar-refractivity contribution in [3.8, 4) is 5.75 Å². The highest BCUT2D eigenvalue weighted by molar-refractivity contribution is 9.10. The zero-order valence-electron chi connectivity index (χ0n) is 10.7. The minimum Gasteiger partial charge on any atom is -0.488 e. The van der Waals surface area contributed by atoms with Gasteiger partial charge in [0, 0.05) is 11.8 Å². The van der Waals surface area contributed by atoms with Gasteiger partial charge >= 0.3 is 0 Å². The number of ether oxygens (including phenoxy) is 1. The second kappa shape index (κ2) is 5.51. The molecule has 2 N–H and O–H groups in total. The summed E-state index contributed by atoms with van der Waals surface area (Å²) in [4.78, 5) is 4.05. The Morgan fingerprint density at radius 2 is 1.90 bits per heavy atom. The number of nitrogens with two attached hydrogens (primary N) is 1. The smallest absolute Gasteiger partial charge is 0.134 e. The predicted molar refractivity (Wildman–Crippen MR) is 84.6 cm³/mol. The van der Waals surface area contributed by atoms with E-state index >= 15 is 0 Å². The van der Waals surface area contributed by atoms with Crippen LogP contribution < -0.4 is 10.5 Å². The Hall–Kier alpha value is -2.07. The fraction of sp³-hybridized carbons (Fsp3) is 0.0625. The first-order chi connectivity index (χ1) is 9.75. The molecule has 0 fully saturated rings. The van der Waals surface area contributed by atoms with Crippen LogP contribution in [-0.2, 0) is 6.61 Å². The summed E-state index contributed by atoms with van der Waals surface area (Å²) in [6.07, 6.45) is 1.67. The van der Waals surface area contributed by atoms with Gasteiger partial charge in [0.2, 0.25) is 0 Å². The summed E-state index contributed by atoms with van der Waals surface area (Å²) in [5.41, 5.74) is 6.69. The molecule has 0 atom stereocenters. The molecule has 0 unspecified atom stereocenters. The number of hydrogen-bond acceptors (Lipinski definition) is 3. The Morgan fingerprint density at radius 1 is 1.05 bits per heavy atom. The van der Waals surface area contributed by atoms with Gasteiger partial charge in [0.05, 0.1) is 4.47 Å². The summed E-state index contributed by atoms with van der Waals surface area (Å²) in [5, 5.41) is 2.30. The van der Waals surface area contributed by atoms with Crippen LogP contribution in [-0.4, -0.2) is 4.98 Å². The summed E-state index contributed by atoms with van der Waals surface area (Å²) in [6.45, 7) is 0.399. The number of rotatable bonds is 3. The molecular weight excluding hydrogens is 316 g/mol. The van der Waals surface area contributed by atoms with E-state index in [2.05, 4.69) is 33.0 Å². The molecule has 0 saturated heterocycles. The largest absolute Gasteiger partial charge is 0.488 e. The van der Waals surface area contributed by atoms with Crippen LogP contribution in [0.1, 0.15) is 5.56 Å². The number of nitrogen functional groups attached to an aromatic ring is 1. The van der Waals surface area contributed by atoms with Crippen LogP contribution in [0.15, 0.2) is 59.2 Å². The molecule has 100 valence electrons. The molecule has 1 aromatic heterocycles. The van der Waals surface area contributed by atoms with E-state index in [4.69, 9.17) is 10.5 Å². The first-order valence-electron chi connectivity index (χ1n) is 6.25.